The highest BCUT2D eigenvalue weighted by Crippen LogP contribution is 2.24. The van der Waals surface area contributed by atoms with E-state index in [1.54, 1.807) is 12.1 Å². The van der Waals surface area contributed by atoms with E-state index in [9.17, 15) is 0 Å². The van der Waals surface area contributed by atoms with Crippen LogP contribution in [-0.2, 0) is 6.54 Å². The van der Waals surface area contributed by atoms with Crippen molar-refractivity contribution < 1.29 is 0 Å². The van der Waals surface area contributed by atoms with Gasteiger partial charge < -0.3 is 5.32 Å². The third-order valence-electron chi connectivity index (χ3n) is 3.67. The molecule has 0 saturated heterocycles. The van der Waals surface area contributed by atoms with Gasteiger partial charge in [0.25, 0.3) is 0 Å². The van der Waals surface area contributed by atoms with Crippen LogP contribution in [0, 0.1) is 11.3 Å². The molecule has 1 aromatic heterocycles. The zero-order chi connectivity index (χ0) is 16.9. The van der Waals surface area contributed by atoms with Gasteiger partial charge >= 0.3 is 0 Å². The summed E-state index contributed by atoms with van der Waals surface area (Å²) < 4.78 is 1.90. The first-order valence-electron chi connectivity index (χ1n) is 7.71. The Balaban J connectivity index is 1.69. The summed E-state index contributed by atoms with van der Waals surface area (Å²) in [5.41, 5.74) is 3.31. The number of rotatable bonds is 5. The van der Waals surface area contributed by atoms with Crippen molar-refractivity contribution in [2.24, 2.45) is 0 Å². The zero-order valence-electron chi connectivity index (χ0n) is 13.3. The molecule has 5 heteroatoms. The predicted octanol–water partition coefficient (Wildman–Crippen LogP) is 4.58. The smallest absolute Gasteiger partial charge is 0.101 e. The minimum atomic E-state index is 0.240. The van der Waals surface area contributed by atoms with Crippen LogP contribution >= 0.6 is 11.6 Å². The van der Waals surface area contributed by atoms with Gasteiger partial charge in [-0.15, -0.1) is 0 Å². The largest absolute Gasteiger partial charge is 0.381 e. The van der Waals surface area contributed by atoms with Crippen LogP contribution in [0.2, 0.25) is 5.02 Å². The van der Waals surface area contributed by atoms with E-state index in [-0.39, 0.29) is 6.04 Å². The van der Waals surface area contributed by atoms with Crippen molar-refractivity contribution >= 4 is 17.3 Å². The zero-order valence-corrected chi connectivity index (χ0v) is 14.0. The minimum Gasteiger partial charge on any atom is -0.381 e. The molecule has 0 aliphatic rings. The Labute approximate surface area is 146 Å². The van der Waals surface area contributed by atoms with Crippen molar-refractivity contribution in [1.82, 2.24) is 9.78 Å². The van der Waals surface area contributed by atoms with Crippen molar-refractivity contribution in [3.05, 3.63) is 71.4 Å². The maximum absolute atomic E-state index is 8.94. The molecule has 1 N–H and O–H groups in total. The Morgan fingerprint density at radius 1 is 1.21 bits per heavy atom. The number of nitriles is 1. The van der Waals surface area contributed by atoms with Crippen LogP contribution in [-0.4, -0.2) is 15.8 Å². The van der Waals surface area contributed by atoms with Gasteiger partial charge in [0.15, 0.2) is 0 Å². The van der Waals surface area contributed by atoms with Crippen LogP contribution < -0.4 is 5.32 Å². The molecule has 0 saturated carbocycles. The summed E-state index contributed by atoms with van der Waals surface area (Å²) in [5, 5.41) is 17.4. The van der Waals surface area contributed by atoms with Gasteiger partial charge in [0, 0.05) is 23.5 Å². The van der Waals surface area contributed by atoms with E-state index in [1.165, 1.54) is 0 Å². The van der Waals surface area contributed by atoms with E-state index in [0.29, 0.717) is 10.6 Å². The van der Waals surface area contributed by atoms with Crippen LogP contribution in [0.15, 0.2) is 60.8 Å². The number of aromatic nitrogens is 2. The van der Waals surface area contributed by atoms with E-state index >= 15 is 0 Å². The molecule has 0 spiro atoms. The second-order valence-electron chi connectivity index (χ2n) is 5.64. The summed E-state index contributed by atoms with van der Waals surface area (Å²) in [6.45, 7) is 2.87. The number of para-hydroxylation sites is 1. The second kappa shape index (κ2) is 7.20. The van der Waals surface area contributed by atoms with E-state index in [0.717, 1.165) is 23.5 Å². The molecule has 24 heavy (non-hydrogen) atoms. The molecule has 0 fully saturated rings. The van der Waals surface area contributed by atoms with E-state index < -0.39 is 0 Å². The fourth-order valence-corrected chi connectivity index (χ4v) is 2.75. The molecule has 0 amide bonds. The molecular weight excluding hydrogens is 320 g/mol. The van der Waals surface area contributed by atoms with Crippen LogP contribution in [0.5, 0.6) is 0 Å². The van der Waals surface area contributed by atoms with Gasteiger partial charge in [-0.25, -0.2) is 0 Å². The highest BCUT2D eigenvalue weighted by Gasteiger charge is 2.08. The highest BCUT2D eigenvalue weighted by molar-refractivity contribution is 6.32. The molecule has 120 valence electrons. The van der Waals surface area contributed by atoms with E-state index in [2.05, 4.69) is 23.4 Å². The van der Waals surface area contributed by atoms with Gasteiger partial charge in [0.2, 0.25) is 0 Å². The van der Waals surface area contributed by atoms with Crippen molar-refractivity contribution in [3.63, 3.8) is 0 Å². The lowest BCUT2D eigenvalue weighted by Gasteiger charge is -2.15. The molecule has 4 nitrogen and oxygen atoms in total. The number of nitrogens with one attached hydrogen (secondary N) is 1. The molecule has 3 aromatic rings. The number of anilines is 1. The quantitative estimate of drug-likeness (QED) is 0.742. The molecule has 1 atom stereocenters. The van der Waals surface area contributed by atoms with Gasteiger partial charge in [-0.1, -0.05) is 35.9 Å². The maximum atomic E-state index is 8.94. The molecular formula is C19H17ClN4. The van der Waals surface area contributed by atoms with Gasteiger partial charge in [-0.05, 0) is 37.3 Å². The van der Waals surface area contributed by atoms with E-state index in [1.807, 2.05) is 53.3 Å². The van der Waals surface area contributed by atoms with Crippen LogP contribution in [0.1, 0.15) is 12.5 Å². The molecule has 1 heterocycles. The van der Waals surface area contributed by atoms with Gasteiger partial charge in [0.05, 0.1) is 22.8 Å². The Morgan fingerprint density at radius 2 is 2.00 bits per heavy atom. The number of nitrogens with zero attached hydrogens (tertiary/aromatic N) is 3. The normalized spacial score (nSPS) is 11.7. The third-order valence-corrected chi connectivity index (χ3v) is 3.99. The van der Waals surface area contributed by atoms with Gasteiger partial charge in [-0.3, -0.25) is 4.68 Å². The summed E-state index contributed by atoms with van der Waals surface area (Å²) >= 11 is 6.09. The highest BCUT2D eigenvalue weighted by atomic mass is 35.5. The Kier molecular flexibility index (Phi) is 4.83. The maximum Gasteiger partial charge on any atom is 0.101 e. The fraction of sp³-hybridized carbons (Fsp3) is 0.158. The first-order valence-corrected chi connectivity index (χ1v) is 8.08. The van der Waals surface area contributed by atoms with Crippen molar-refractivity contribution in [3.8, 4) is 17.3 Å². The predicted molar refractivity (Wildman–Crippen MR) is 96.9 cm³/mol. The monoisotopic (exact) mass is 336 g/mol. The number of hydrogen-bond donors (Lipinski definition) is 1. The second-order valence-corrected chi connectivity index (χ2v) is 6.05. The summed E-state index contributed by atoms with van der Waals surface area (Å²) in [5.74, 6) is 0. The molecule has 0 aliphatic heterocycles. The average molecular weight is 337 g/mol. The molecule has 2 aromatic carbocycles. The lowest BCUT2D eigenvalue weighted by atomic mass is 10.1. The number of halogens is 1. The lowest BCUT2D eigenvalue weighted by molar-refractivity contribution is 0.562. The van der Waals surface area contributed by atoms with Crippen LogP contribution in [0.4, 0.5) is 5.69 Å². The van der Waals surface area contributed by atoms with Gasteiger partial charge in [-0.2, -0.15) is 10.4 Å². The molecule has 0 bridgehead atoms. The molecule has 3 rings (SSSR count). The van der Waals surface area contributed by atoms with Crippen LogP contribution in [0.3, 0.4) is 0 Å². The lowest BCUT2D eigenvalue weighted by Crippen LogP contribution is -2.22. The summed E-state index contributed by atoms with van der Waals surface area (Å²) in [4.78, 5) is 0. The topological polar surface area (TPSA) is 53.6 Å². The Hall–Kier alpha value is -2.77. The van der Waals surface area contributed by atoms with Crippen molar-refractivity contribution in [1.29, 1.82) is 5.26 Å². The first kappa shape index (κ1) is 16.1. The SMILES string of the molecule is C[C@@H](Cn1ccc(-c2ccc(C#N)c(Cl)c2)n1)Nc1ccccc1. The van der Waals surface area contributed by atoms with E-state index in [4.69, 9.17) is 16.9 Å². The molecule has 0 radical (unpaired) electrons. The van der Waals surface area contributed by atoms with Crippen LogP contribution in [0.25, 0.3) is 11.3 Å². The Morgan fingerprint density at radius 3 is 2.71 bits per heavy atom. The standard InChI is InChI=1S/C19H17ClN4/c1-14(22-17-5-3-2-4-6-17)13-24-10-9-19(23-24)15-7-8-16(12-21)18(20)11-15/h2-11,14,22H,13H2,1H3/t14-/m0/s1. The van der Waals surface area contributed by atoms with Crippen molar-refractivity contribution in [2.75, 3.05) is 5.32 Å². The molecule has 0 aliphatic carbocycles. The summed E-state index contributed by atoms with van der Waals surface area (Å²) in [6, 6.07) is 19.7. The number of hydrogen-bond acceptors (Lipinski definition) is 3. The third kappa shape index (κ3) is 3.76. The average Bonchev–Trinajstić information content (AvgIpc) is 3.04. The molecule has 0 unspecified atom stereocenters. The first-order chi connectivity index (χ1) is 11.7. The Bertz CT molecular complexity index is 865. The summed E-state index contributed by atoms with van der Waals surface area (Å²) in [7, 11) is 0. The summed E-state index contributed by atoms with van der Waals surface area (Å²) in [6.07, 6.45) is 1.95. The minimum absolute atomic E-state index is 0.240. The van der Waals surface area contributed by atoms with Crippen molar-refractivity contribution in [2.45, 2.75) is 19.5 Å². The number of benzene rings is 2. The fourth-order valence-electron chi connectivity index (χ4n) is 2.53. The van der Waals surface area contributed by atoms with Gasteiger partial charge in [0.1, 0.15) is 6.07 Å².